The van der Waals surface area contributed by atoms with Crippen molar-refractivity contribution in [3.63, 3.8) is 0 Å². The normalized spacial score (nSPS) is 0. The molecule has 0 unspecified atom stereocenters. The van der Waals surface area contributed by atoms with E-state index in [0.717, 1.165) is 0 Å². The van der Waals surface area contributed by atoms with Crippen molar-refractivity contribution in [3.05, 3.63) is 7.43 Å². The van der Waals surface area contributed by atoms with Gasteiger partial charge in [0.15, 0.2) is 0 Å². The molecule has 0 saturated heterocycles. The third kappa shape index (κ3) is 9.65. The molecular formula is CAlCoNi. The molecule has 0 bridgehead atoms. The van der Waals surface area contributed by atoms with E-state index in [-0.39, 0.29) is 58.1 Å². The van der Waals surface area contributed by atoms with E-state index in [1.54, 1.807) is 0 Å². The fourth-order valence-electron chi connectivity index (χ4n) is 0. The van der Waals surface area contributed by atoms with Crippen LogP contribution in [0.25, 0.3) is 0 Å². The summed E-state index contributed by atoms with van der Waals surface area (Å²) >= 11 is 0. The number of hydrogen-bond acceptors (Lipinski definition) is 0. The summed E-state index contributed by atoms with van der Waals surface area (Å²) in [7, 11) is 0. The van der Waals surface area contributed by atoms with E-state index in [1.165, 1.54) is 0 Å². The second-order valence-electron chi connectivity index (χ2n) is 0. The Morgan fingerprint density at radius 3 is 1.00 bits per heavy atom. The molecule has 0 nitrogen and oxygen atoms in total. The molecule has 3 heteroatoms. The van der Waals surface area contributed by atoms with E-state index in [1.807, 2.05) is 0 Å². The molecule has 4 heavy (non-hydrogen) atoms. The van der Waals surface area contributed by atoms with Crippen LogP contribution in [0.2, 0.25) is 0 Å². The fraction of sp³-hybridized carbons (Fsp3) is 0. The van der Waals surface area contributed by atoms with E-state index in [2.05, 4.69) is 0 Å². The molecule has 8 radical (unpaired) electrons. The van der Waals surface area contributed by atoms with Crippen LogP contribution in [-0.4, -0.2) is 17.4 Å². The summed E-state index contributed by atoms with van der Waals surface area (Å²) in [6.07, 6.45) is 0. The fourth-order valence-corrected chi connectivity index (χ4v) is 0. The standard InChI is InChI=1S/C.Al.Co.Ni. The van der Waals surface area contributed by atoms with Crippen LogP contribution in [0.4, 0.5) is 0 Å². The molecule has 0 rings (SSSR count). The second kappa shape index (κ2) is 24.1. The van der Waals surface area contributed by atoms with Crippen LogP contribution >= 0.6 is 0 Å². The molecule has 0 aliphatic heterocycles. The maximum absolute atomic E-state index is 0. The molecule has 0 heterocycles. The molecule has 0 aliphatic rings. The van der Waals surface area contributed by atoms with Crippen LogP contribution in [-0.2, 0) is 33.3 Å². The van der Waals surface area contributed by atoms with Gasteiger partial charge in [0.25, 0.3) is 0 Å². The monoisotopic (exact) mass is 156 g/mol. The summed E-state index contributed by atoms with van der Waals surface area (Å²) in [4.78, 5) is 0. The third-order valence-corrected chi connectivity index (χ3v) is 0. The molecular weight excluding hydrogens is 157 g/mol. The molecule has 0 amide bonds. The van der Waals surface area contributed by atoms with Crippen molar-refractivity contribution in [1.82, 2.24) is 0 Å². The van der Waals surface area contributed by atoms with Crippen molar-refractivity contribution in [1.29, 1.82) is 0 Å². The Kier molecular flexibility index (Phi) is 291. The van der Waals surface area contributed by atoms with Crippen molar-refractivity contribution < 1.29 is 33.3 Å². The smallest absolute Gasteiger partial charge is 0 e. The van der Waals surface area contributed by atoms with E-state index >= 15 is 0 Å². The van der Waals surface area contributed by atoms with Gasteiger partial charge in [-0.15, -0.1) is 0 Å². The van der Waals surface area contributed by atoms with Crippen LogP contribution in [0.5, 0.6) is 0 Å². The zero-order valence-corrected chi connectivity index (χ0v) is 4.91. The molecule has 0 aromatic carbocycles. The van der Waals surface area contributed by atoms with Gasteiger partial charge in [-0.2, -0.15) is 0 Å². The van der Waals surface area contributed by atoms with Gasteiger partial charge in [-0.25, -0.2) is 0 Å². The minimum absolute atomic E-state index is 0. The molecule has 0 spiro atoms. The first-order valence-electron chi connectivity index (χ1n) is 0. The molecule has 26 valence electrons. The summed E-state index contributed by atoms with van der Waals surface area (Å²) in [5.41, 5.74) is 0. The van der Waals surface area contributed by atoms with Gasteiger partial charge in [-0.3, -0.25) is 0 Å². The van der Waals surface area contributed by atoms with Gasteiger partial charge in [0, 0.05) is 58.1 Å². The summed E-state index contributed by atoms with van der Waals surface area (Å²) in [6, 6.07) is 0. The number of rotatable bonds is 0. The van der Waals surface area contributed by atoms with Crippen LogP contribution < -0.4 is 0 Å². The SMILES string of the molecule is [Al].[C].[Co].[Ni]. The molecule has 0 saturated carbocycles. The predicted octanol–water partition coefficient (Wildman–Crippen LogP) is -0.305. The molecule has 0 aromatic heterocycles. The largest absolute Gasteiger partial charge is 0 e. The van der Waals surface area contributed by atoms with Gasteiger partial charge in [0.1, 0.15) is 0 Å². The Hall–Kier alpha value is 1.53. The second-order valence-corrected chi connectivity index (χ2v) is 0. The molecule has 0 aromatic rings. The zero-order chi connectivity index (χ0) is 0. The average molecular weight is 157 g/mol. The van der Waals surface area contributed by atoms with Gasteiger partial charge >= 0.3 is 0 Å². The first kappa shape index (κ1) is 48.4. The minimum atomic E-state index is 0. The van der Waals surface area contributed by atoms with E-state index in [9.17, 15) is 0 Å². The number of hydrogen-bond donors (Lipinski definition) is 0. The first-order valence-corrected chi connectivity index (χ1v) is 0. The minimum Gasteiger partial charge on any atom is 0 e. The van der Waals surface area contributed by atoms with Crippen molar-refractivity contribution in [3.8, 4) is 0 Å². The first-order chi connectivity index (χ1) is 0. The van der Waals surface area contributed by atoms with E-state index in [4.69, 9.17) is 0 Å². The van der Waals surface area contributed by atoms with Crippen LogP contribution in [0.1, 0.15) is 0 Å². The summed E-state index contributed by atoms with van der Waals surface area (Å²) in [5.74, 6) is 0. The van der Waals surface area contributed by atoms with Crippen molar-refractivity contribution in [2.45, 2.75) is 0 Å². The summed E-state index contributed by atoms with van der Waals surface area (Å²) in [6.45, 7) is 0. The van der Waals surface area contributed by atoms with Gasteiger partial charge in [-0.1, -0.05) is 0 Å². The molecule has 0 N–H and O–H groups in total. The molecule has 0 aliphatic carbocycles. The zero-order valence-electron chi connectivity index (χ0n) is 1.73. The van der Waals surface area contributed by atoms with Gasteiger partial charge in [0.05, 0.1) is 0 Å². The summed E-state index contributed by atoms with van der Waals surface area (Å²) in [5, 5.41) is 0. The Bertz CT molecular complexity index is 8.00. The maximum Gasteiger partial charge on any atom is 0 e. The van der Waals surface area contributed by atoms with Crippen molar-refractivity contribution in [2.75, 3.05) is 0 Å². The molecule has 0 fully saturated rings. The van der Waals surface area contributed by atoms with Crippen LogP contribution in [0.3, 0.4) is 0 Å². The third-order valence-electron chi connectivity index (χ3n) is 0. The van der Waals surface area contributed by atoms with Crippen molar-refractivity contribution in [2.24, 2.45) is 0 Å². The molecule has 0 atom stereocenters. The van der Waals surface area contributed by atoms with E-state index < -0.39 is 0 Å². The van der Waals surface area contributed by atoms with Gasteiger partial charge in [0.2, 0.25) is 0 Å². The average Bonchev–Trinajstić information content (AvgIpc) is 0. The Morgan fingerprint density at radius 2 is 1.00 bits per heavy atom. The predicted molar refractivity (Wildman–Crippen MR) is 9.00 cm³/mol. The topological polar surface area (TPSA) is 0 Å². The quantitative estimate of drug-likeness (QED) is 0.423. The van der Waals surface area contributed by atoms with Crippen molar-refractivity contribution >= 4 is 17.4 Å². The Balaban J connectivity index is 0. The maximum atomic E-state index is 0. The van der Waals surface area contributed by atoms with Crippen LogP contribution in [0, 0.1) is 7.43 Å². The Morgan fingerprint density at radius 1 is 1.00 bits per heavy atom. The van der Waals surface area contributed by atoms with E-state index in [0.29, 0.717) is 0 Å². The van der Waals surface area contributed by atoms with Gasteiger partial charge < -0.3 is 0 Å². The summed E-state index contributed by atoms with van der Waals surface area (Å²) < 4.78 is 0. The van der Waals surface area contributed by atoms with Gasteiger partial charge in [-0.05, 0) is 0 Å². The Labute approximate surface area is 58.0 Å². The van der Waals surface area contributed by atoms with Crippen LogP contribution in [0.15, 0.2) is 0 Å².